The number of ether oxygens (including phenoxy) is 2. The van der Waals surface area contributed by atoms with Crippen molar-refractivity contribution in [2.24, 2.45) is 5.73 Å². The molecule has 1 aromatic rings. The highest BCUT2D eigenvalue weighted by Crippen LogP contribution is 2.24. The van der Waals surface area contributed by atoms with Gasteiger partial charge in [-0.05, 0) is 0 Å². The first kappa shape index (κ1) is 17.6. The molecular formula is C17H22FN5O2. The molecule has 3 rings (SSSR count). The van der Waals surface area contributed by atoms with Crippen LogP contribution < -0.4 is 15.4 Å². The molecule has 2 N–H and O–H groups in total. The van der Waals surface area contributed by atoms with Crippen LogP contribution in [0.2, 0.25) is 0 Å². The lowest BCUT2D eigenvalue weighted by Crippen LogP contribution is -2.56. The molecule has 0 amide bonds. The molecule has 0 aromatic carbocycles. The summed E-state index contributed by atoms with van der Waals surface area (Å²) in [5.41, 5.74) is 6.20. The van der Waals surface area contributed by atoms with E-state index in [-0.39, 0.29) is 13.2 Å². The summed E-state index contributed by atoms with van der Waals surface area (Å²) in [4.78, 5) is 8.93. The third-order valence-electron chi connectivity index (χ3n) is 4.55. The minimum Gasteiger partial charge on any atom is -0.487 e. The topological polar surface area (TPSA) is 87.6 Å². The number of pyridine rings is 1. The highest BCUT2D eigenvalue weighted by Gasteiger charge is 2.29. The molecule has 2 aliphatic rings. The van der Waals surface area contributed by atoms with Crippen LogP contribution in [0.4, 0.5) is 10.2 Å². The molecule has 0 radical (unpaired) electrons. The summed E-state index contributed by atoms with van der Waals surface area (Å²) in [6, 6.07) is 4.34. The van der Waals surface area contributed by atoms with Crippen LogP contribution in [-0.2, 0) is 4.74 Å². The first-order chi connectivity index (χ1) is 12.2. The van der Waals surface area contributed by atoms with Gasteiger partial charge in [0, 0.05) is 44.4 Å². The average Bonchev–Trinajstić information content (AvgIpc) is 2.62. The van der Waals surface area contributed by atoms with E-state index in [1.54, 1.807) is 12.3 Å². The Morgan fingerprint density at radius 1 is 1.44 bits per heavy atom. The summed E-state index contributed by atoms with van der Waals surface area (Å²) >= 11 is 0. The van der Waals surface area contributed by atoms with Crippen LogP contribution in [0.1, 0.15) is 5.56 Å². The van der Waals surface area contributed by atoms with Crippen molar-refractivity contribution in [3.05, 3.63) is 29.7 Å². The summed E-state index contributed by atoms with van der Waals surface area (Å²) in [5, 5.41) is 9.44. The van der Waals surface area contributed by atoms with Crippen LogP contribution in [0.3, 0.4) is 0 Å². The van der Waals surface area contributed by atoms with E-state index in [1.807, 2.05) is 0 Å². The van der Waals surface area contributed by atoms with E-state index in [9.17, 15) is 9.65 Å². The number of nitrogens with zero attached hydrogens (tertiary/aromatic N) is 4. The Bertz CT molecular complexity index is 663. The number of rotatable bonds is 6. The van der Waals surface area contributed by atoms with Gasteiger partial charge < -0.3 is 20.1 Å². The Kier molecular flexibility index (Phi) is 5.81. The first-order valence-corrected chi connectivity index (χ1v) is 8.33. The predicted octanol–water partition coefficient (Wildman–Crippen LogP) is 0.665. The van der Waals surface area contributed by atoms with Crippen LogP contribution in [0, 0.1) is 11.3 Å². The van der Waals surface area contributed by atoms with Crippen LogP contribution in [0.25, 0.3) is 0 Å². The molecule has 2 saturated heterocycles. The third-order valence-corrected chi connectivity index (χ3v) is 4.55. The maximum Gasteiger partial charge on any atom is 0.146 e. The summed E-state index contributed by atoms with van der Waals surface area (Å²) in [6.45, 7) is 5.25. The Morgan fingerprint density at radius 3 is 2.76 bits per heavy atom. The van der Waals surface area contributed by atoms with Crippen molar-refractivity contribution in [3.63, 3.8) is 0 Å². The second kappa shape index (κ2) is 8.25. The Morgan fingerprint density at radius 2 is 2.20 bits per heavy atom. The molecule has 0 atom stereocenters. The van der Waals surface area contributed by atoms with Crippen LogP contribution in [0.5, 0.6) is 5.75 Å². The SMILES string of the molecule is N#Cc1cc(OC/C(=C/F)CN)cnc1N1CCN(C2COC2)CC1. The van der Waals surface area contributed by atoms with Gasteiger partial charge in [-0.2, -0.15) is 5.26 Å². The first-order valence-electron chi connectivity index (χ1n) is 8.33. The van der Waals surface area contributed by atoms with Crippen molar-refractivity contribution in [2.45, 2.75) is 6.04 Å². The molecule has 0 spiro atoms. The molecule has 0 unspecified atom stereocenters. The number of halogens is 1. The second-order valence-electron chi connectivity index (χ2n) is 6.13. The van der Waals surface area contributed by atoms with Gasteiger partial charge >= 0.3 is 0 Å². The third kappa shape index (κ3) is 4.07. The number of hydrogen-bond donors (Lipinski definition) is 1. The van der Waals surface area contributed by atoms with E-state index in [4.69, 9.17) is 15.2 Å². The maximum absolute atomic E-state index is 12.5. The molecule has 134 valence electrons. The maximum atomic E-state index is 12.5. The van der Waals surface area contributed by atoms with Crippen LogP contribution >= 0.6 is 0 Å². The fourth-order valence-corrected chi connectivity index (χ4v) is 2.90. The average molecular weight is 347 g/mol. The number of nitriles is 1. The van der Waals surface area contributed by atoms with Gasteiger partial charge in [-0.1, -0.05) is 0 Å². The molecular weight excluding hydrogens is 325 g/mol. The minimum atomic E-state index is 0.0427. The Balaban J connectivity index is 1.63. The van der Waals surface area contributed by atoms with E-state index in [0.717, 1.165) is 39.4 Å². The van der Waals surface area contributed by atoms with Gasteiger partial charge in [-0.25, -0.2) is 9.37 Å². The van der Waals surface area contributed by atoms with Gasteiger partial charge in [-0.15, -0.1) is 0 Å². The second-order valence-corrected chi connectivity index (χ2v) is 6.13. The van der Waals surface area contributed by atoms with Gasteiger partial charge in [0.15, 0.2) is 0 Å². The van der Waals surface area contributed by atoms with Crippen LogP contribution in [0.15, 0.2) is 24.2 Å². The lowest BCUT2D eigenvalue weighted by Gasteiger charge is -2.43. The number of nitrogens with two attached hydrogens (primary N) is 1. The molecule has 0 aliphatic carbocycles. The molecule has 3 heterocycles. The number of hydrogen-bond acceptors (Lipinski definition) is 7. The Labute approximate surface area is 146 Å². The smallest absolute Gasteiger partial charge is 0.146 e. The van der Waals surface area contributed by atoms with Crippen LogP contribution in [-0.4, -0.2) is 68.5 Å². The molecule has 2 aliphatic heterocycles. The van der Waals surface area contributed by atoms with Crippen molar-refractivity contribution >= 4 is 5.82 Å². The molecule has 0 bridgehead atoms. The lowest BCUT2D eigenvalue weighted by molar-refractivity contribution is -0.0661. The number of aromatic nitrogens is 1. The van der Waals surface area contributed by atoms with Crippen molar-refractivity contribution in [1.29, 1.82) is 5.26 Å². The molecule has 2 fully saturated rings. The molecule has 1 aromatic heterocycles. The zero-order chi connectivity index (χ0) is 17.6. The van der Waals surface area contributed by atoms with Gasteiger partial charge in [0.25, 0.3) is 0 Å². The normalized spacial score (nSPS) is 19.4. The quantitative estimate of drug-likeness (QED) is 0.809. The van der Waals surface area contributed by atoms with E-state index in [0.29, 0.717) is 35.1 Å². The Hall–Kier alpha value is -2.21. The molecule has 7 nitrogen and oxygen atoms in total. The summed E-state index contributed by atoms with van der Waals surface area (Å²) in [6.07, 6.45) is 2.01. The van der Waals surface area contributed by atoms with Gasteiger partial charge in [0.2, 0.25) is 0 Å². The molecule has 8 heteroatoms. The van der Waals surface area contributed by atoms with Gasteiger partial charge in [-0.3, -0.25) is 4.90 Å². The number of anilines is 1. The van der Waals surface area contributed by atoms with Crippen molar-refractivity contribution < 1.29 is 13.9 Å². The highest BCUT2D eigenvalue weighted by atomic mass is 19.1. The van der Waals surface area contributed by atoms with Crippen molar-refractivity contribution in [1.82, 2.24) is 9.88 Å². The van der Waals surface area contributed by atoms with E-state index >= 15 is 0 Å². The lowest BCUT2D eigenvalue weighted by atomic mass is 10.1. The minimum absolute atomic E-state index is 0.0427. The molecule has 0 saturated carbocycles. The summed E-state index contributed by atoms with van der Waals surface area (Å²) in [7, 11) is 0. The zero-order valence-electron chi connectivity index (χ0n) is 14.0. The summed E-state index contributed by atoms with van der Waals surface area (Å²) < 4.78 is 23.2. The summed E-state index contributed by atoms with van der Waals surface area (Å²) in [5.74, 6) is 1.10. The largest absolute Gasteiger partial charge is 0.487 e. The standard InChI is InChI=1S/C17H22FN5O2/c18-6-13(7-19)10-25-16-5-14(8-20)17(21-9-16)23-3-1-22(2-4-23)15-11-24-12-15/h5-6,9,15H,1-4,7,10-12,19H2/b13-6+. The van der Waals surface area contributed by atoms with Gasteiger partial charge in [0.1, 0.15) is 24.2 Å². The highest BCUT2D eigenvalue weighted by molar-refractivity contribution is 5.56. The van der Waals surface area contributed by atoms with Crippen molar-refractivity contribution in [2.75, 3.05) is 57.4 Å². The zero-order valence-corrected chi connectivity index (χ0v) is 14.0. The molecule has 25 heavy (non-hydrogen) atoms. The fourth-order valence-electron chi connectivity index (χ4n) is 2.90. The van der Waals surface area contributed by atoms with E-state index in [1.165, 1.54) is 0 Å². The number of piperazine rings is 1. The van der Waals surface area contributed by atoms with Crippen molar-refractivity contribution in [3.8, 4) is 11.8 Å². The fraction of sp³-hybridized carbons (Fsp3) is 0.529. The van der Waals surface area contributed by atoms with E-state index < -0.39 is 0 Å². The monoisotopic (exact) mass is 347 g/mol. The predicted molar refractivity (Wildman–Crippen MR) is 91.1 cm³/mol. The van der Waals surface area contributed by atoms with E-state index in [2.05, 4.69) is 20.9 Å². The van der Waals surface area contributed by atoms with Gasteiger partial charge in [0.05, 0.1) is 37.3 Å².